The van der Waals surface area contributed by atoms with Gasteiger partial charge in [-0.15, -0.1) is 0 Å². The summed E-state index contributed by atoms with van der Waals surface area (Å²) in [4.78, 5) is 22.1. The summed E-state index contributed by atoms with van der Waals surface area (Å²) in [5, 5.41) is 28.1. The largest absolute Gasteiger partial charge is 0.508 e. The molecule has 0 aliphatic heterocycles. The summed E-state index contributed by atoms with van der Waals surface area (Å²) in [6.07, 6.45) is -4.43. The van der Waals surface area contributed by atoms with Gasteiger partial charge in [0.05, 0.1) is 12.6 Å². The highest BCUT2D eigenvalue weighted by Gasteiger charge is 2.38. The van der Waals surface area contributed by atoms with E-state index in [0.717, 1.165) is 22.0 Å². The van der Waals surface area contributed by atoms with Crippen LogP contribution < -0.4 is 15.8 Å². The van der Waals surface area contributed by atoms with E-state index in [9.17, 15) is 23.1 Å². The number of ether oxygens (including phenoxy) is 1. The summed E-state index contributed by atoms with van der Waals surface area (Å²) in [6, 6.07) is 22.0. The molecular formula is C28H27F3N4O5. The van der Waals surface area contributed by atoms with E-state index in [1.807, 2.05) is 59.2 Å². The van der Waals surface area contributed by atoms with E-state index < -0.39 is 12.1 Å². The van der Waals surface area contributed by atoms with Gasteiger partial charge in [0.15, 0.2) is 0 Å². The highest BCUT2D eigenvalue weighted by atomic mass is 19.4. The molecular weight excluding hydrogens is 529 g/mol. The number of phenols is 1. The van der Waals surface area contributed by atoms with Gasteiger partial charge in [-0.1, -0.05) is 36.4 Å². The van der Waals surface area contributed by atoms with Gasteiger partial charge in [-0.2, -0.15) is 13.2 Å². The fraction of sp³-hybridized carbons (Fsp3) is 0.179. The van der Waals surface area contributed by atoms with Crippen LogP contribution in [0, 0.1) is 5.41 Å². The number of aromatic hydroxyl groups is 1. The molecule has 1 amide bonds. The Bertz CT molecular complexity index is 1510. The first-order chi connectivity index (χ1) is 18.9. The maximum absolute atomic E-state index is 13.2. The van der Waals surface area contributed by atoms with Gasteiger partial charge in [0, 0.05) is 24.0 Å². The average molecular weight is 557 g/mol. The van der Waals surface area contributed by atoms with E-state index in [2.05, 4.69) is 5.32 Å². The molecule has 0 fully saturated rings. The van der Waals surface area contributed by atoms with Crippen LogP contribution in [0.25, 0.3) is 10.9 Å². The summed E-state index contributed by atoms with van der Waals surface area (Å²) in [5.41, 5.74) is 9.65. The number of nitrogen functional groups attached to an aromatic ring is 1. The number of alkyl halides is 3. The number of rotatable bonds is 8. The molecule has 40 heavy (non-hydrogen) atoms. The Balaban J connectivity index is 0.000000559. The number of amidine groups is 1. The number of amides is 1. The second-order valence-corrected chi connectivity index (χ2v) is 8.60. The van der Waals surface area contributed by atoms with Gasteiger partial charge in [-0.25, -0.2) is 4.79 Å². The van der Waals surface area contributed by atoms with Crippen LogP contribution >= 0.6 is 0 Å². The number of carbonyl (C=O) groups excluding carboxylic acids is 1. The summed E-state index contributed by atoms with van der Waals surface area (Å²) < 4.78 is 39.2. The Morgan fingerprint density at radius 1 is 1.02 bits per heavy atom. The van der Waals surface area contributed by atoms with Crippen molar-refractivity contribution in [3.05, 3.63) is 95.2 Å². The van der Waals surface area contributed by atoms with E-state index in [4.69, 9.17) is 25.8 Å². The van der Waals surface area contributed by atoms with Crippen molar-refractivity contribution >= 4 is 28.6 Å². The number of aliphatic carboxylic acids is 1. The van der Waals surface area contributed by atoms with Crippen LogP contribution in [0.4, 0.5) is 13.2 Å². The third-order valence-electron chi connectivity index (χ3n) is 5.82. The van der Waals surface area contributed by atoms with Gasteiger partial charge in [0.2, 0.25) is 0 Å². The topological polar surface area (TPSA) is 151 Å². The molecule has 0 unspecified atom stereocenters. The van der Waals surface area contributed by atoms with Crippen molar-refractivity contribution in [1.82, 2.24) is 9.88 Å². The lowest BCUT2D eigenvalue weighted by molar-refractivity contribution is -0.192. The zero-order valence-corrected chi connectivity index (χ0v) is 21.3. The minimum absolute atomic E-state index is 0.00285. The van der Waals surface area contributed by atoms with Crippen molar-refractivity contribution in [1.29, 1.82) is 5.41 Å². The number of benzene rings is 3. The lowest BCUT2D eigenvalue weighted by Crippen LogP contribution is -2.28. The smallest absolute Gasteiger partial charge is 0.490 e. The lowest BCUT2D eigenvalue weighted by Gasteiger charge is -2.13. The zero-order chi connectivity index (χ0) is 29.4. The first-order valence-corrected chi connectivity index (χ1v) is 11.9. The van der Waals surface area contributed by atoms with Crippen molar-refractivity contribution in [2.24, 2.45) is 5.73 Å². The third kappa shape index (κ3) is 7.53. The normalized spacial score (nSPS) is 10.9. The van der Waals surface area contributed by atoms with Crippen molar-refractivity contribution < 1.29 is 37.7 Å². The molecule has 0 saturated carbocycles. The minimum Gasteiger partial charge on any atom is -0.508 e. The first-order valence-electron chi connectivity index (χ1n) is 11.9. The Hall–Kier alpha value is -5.00. The highest BCUT2D eigenvalue weighted by molar-refractivity contribution is 6.00. The second kappa shape index (κ2) is 12.7. The number of nitrogens with one attached hydrogen (secondary N) is 2. The van der Waals surface area contributed by atoms with Gasteiger partial charge in [0.25, 0.3) is 5.91 Å². The van der Waals surface area contributed by atoms with Crippen LogP contribution in [0.1, 0.15) is 27.2 Å². The number of fused-ring (bicyclic) bond motifs is 1. The Morgan fingerprint density at radius 3 is 2.27 bits per heavy atom. The average Bonchev–Trinajstić information content (AvgIpc) is 3.28. The fourth-order valence-corrected chi connectivity index (χ4v) is 3.89. The van der Waals surface area contributed by atoms with E-state index in [-0.39, 0.29) is 17.5 Å². The summed E-state index contributed by atoms with van der Waals surface area (Å²) >= 11 is 0. The van der Waals surface area contributed by atoms with Gasteiger partial charge in [-0.05, 0) is 53.9 Å². The minimum atomic E-state index is -5.08. The van der Waals surface area contributed by atoms with Crippen LogP contribution in [0.5, 0.6) is 11.5 Å². The molecule has 0 aliphatic carbocycles. The quantitative estimate of drug-likeness (QED) is 0.161. The number of carboxylic acid groups (broad SMARTS) is 1. The molecule has 0 aliphatic rings. The predicted molar refractivity (Wildman–Crippen MR) is 143 cm³/mol. The van der Waals surface area contributed by atoms with Crippen LogP contribution in [0.3, 0.4) is 0 Å². The molecule has 0 saturated heterocycles. The number of carbonyl (C=O) groups is 2. The van der Waals surface area contributed by atoms with Crippen LogP contribution in [0.2, 0.25) is 0 Å². The monoisotopic (exact) mass is 556 g/mol. The molecule has 6 N–H and O–H groups in total. The molecule has 12 heteroatoms. The van der Waals surface area contributed by atoms with Gasteiger partial charge in [-0.3, -0.25) is 10.2 Å². The van der Waals surface area contributed by atoms with Crippen molar-refractivity contribution in [3.8, 4) is 11.5 Å². The first kappa shape index (κ1) is 29.6. The Kier molecular flexibility index (Phi) is 9.38. The SMILES string of the molecule is COc1cccc2c1cc(C(=O)NCCc1ccc(O)cc1)n2Cc1cccc(C(=N)N)c1.O=C(O)C(F)(F)F. The molecule has 9 nitrogen and oxygen atoms in total. The molecule has 0 bridgehead atoms. The maximum Gasteiger partial charge on any atom is 0.490 e. The summed E-state index contributed by atoms with van der Waals surface area (Å²) in [5.74, 6) is -2.03. The molecule has 1 heterocycles. The standard InChI is InChI=1S/C26H26N4O3.C2HF3O2/c1-33-24-7-3-6-22-21(24)15-23(26(32)29-13-12-17-8-10-20(31)11-9-17)30(22)16-18-4-2-5-19(14-18)25(27)28;3-2(4,5)1(6)7/h2-11,14-15,31H,12-13,16H2,1H3,(H3,27,28)(H,29,32);(H,6,7). The summed E-state index contributed by atoms with van der Waals surface area (Å²) in [7, 11) is 1.61. The number of methoxy groups -OCH3 is 1. The van der Waals surface area contributed by atoms with E-state index in [0.29, 0.717) is 36.5 Å². The number of nitrogens with two attached hydrogens (primary N) is 1. The number of phenolic OH excluding ortho intramolecular Hbond substituents is 1. The van der Waals surface area contributed by atoms with Gasteiger partial charge in [0.1, 0.15) is 23.0 Å². The molecule has 4 aromatic rings. The van der Waals surface area contributed by atoms with Crippen LogP contribution in [0.15, 0.2) is 72.8 Å². The fourth-order valence-electron chi connectivity index (χ4n) is 3.89. The number of hydrogen-bond acceptors (Lipinski definition) is 5. The molecule has 210 valence electrons. The molecule has 3 aromatic carbocycles. The van der Waals surface area contributed by atoms with Crippen LogP contribution in [-0.4, -0.2) is 52.3 Å². The third-order valence-corrected chi connectivity index (χ3v) is 5.82. The number of nitrogens with zero attached hydrogens (tertiary/aromatic N) is 1. The summed E-state index contributed by atoms with van der Waals surface area (Å²) in [6.45, 7) is 0.903. The molecule has 0 spiro atoms. The van der Waals surface area contributed by atoms with E-state index in [1.54, 1.807) is 25.3 Å². The van der Waals surface area contributed by atoms with E-state index in [1.165, 1.54) is 0 Å². The van der Waals surface area contributed by atoms with Crippen LogP contribution in [-0.2, 0) is 17.8 Å². The molecule has 1 aromatic heterocycles. The lowest BCUT2D eigenvalue weighted by atomic mass is 10.1. The van der Waals surface area contributed by atoms with Crippen molar-refractivity contribution in [3.63, 3.8) is 0 Å². The van der Waals surface area contributed by atoms with Crippen molar-refractivity contribution in [2.45, 2.75) is 19.1 Å². The molecule has 4 rings (SSSR count). The number of halogens is 3. The highest BCUT2D eigenvalue weighted by Crippen LogP contribution is 2.29. The number of carboxylic acids is 1. The molecule has 0 radical (unpaired) electrons. The number of aromatic nitrogens is 1. The number of hydrogen-bond donors (Lipinski definition) is 5. The Labute approximate surface area is 227 Å². The van der Waals surface area contributed by atoms with E-state index >= 15 is 0 Å². The zero-order valence-electron chi connectivity index (χ0n) is 21.3. The predicted octanol–water partition coefficient (Wildman–Crippen LogP) is 4.29. The maximum atomic E-state index is 13.2. The second-order valence-electron chi connectivity index (χ2n) is 8.60. The van der Waals surface area contributed by atoms with Gasteiger partial charge >= 0.3 is 12.1 Å². The van der Waals surface area contributed by atoms with Crippen molar-refractivity contribution in [2.75, 3.05) is 13.7 Å². The van der Waals surface area contributed by atoms with Gasteiger partial charge < -0.3 is 30.6 Å². The molecule has 0 atom stereocenters. The Morgan fingerprint density at radius 2 is 1.68 bits per heavy atom.